The summed E-state index contributed by atoms with van der Waals surface area (Å²) in [7, 11) is -2.54. The maximum atomic E-state index is 11.6. The summed E-state index contributed by atoms with van der Waals surface area (Å²) < 4.78 is 25.4. The van der Waals surface area contributed by atoms with Crippen LogP contribution in [0.25, 0.3) is 0 Å². The first-order chi connectivity index (χ1) is 8.76. The number of aromatic hydroxyl groups is 1. The van der Waals surface area contributed by atoms with E-state index in [1.165, 1.54) is 31.3 Å². The number of rotatable bonds is 4. The molecule has 0 aromatic heterocycles. The molecule has 0 radical (unpaired) electrons. The molecule has 0 fully saturated rings. The first-order valence-corrected chi connectivity index (χ1v) is 6.97. The molecule has 0 bridgehead atoms. The van der Waals surface area contributed by atoms with E-state index in [4.69, 9.17) is 0 Å². The van der Waals surface area contributed by atoms with Crippen LogP contribution < -0.4 is 10.0 Å². The molecule has 0 unspecified atom stereocenters. The minimum Gasteiger partial charge on any atom is -0.507 e. The molecule has 7 heteroatoms. The third-order valence-electron chi connectivity index (χ3n) is 2.21. The molecule has 0 atom stereocenters. The highest BCUT2D eigenvalue weighted by Crippen LogP contribution is 2.25. The Morgan fingerprint density at radius 3 is 2.47 bits per heavy atom. The van der Waals surface area contributed by atoms with Crippen molar-refractivity contribution >= 4 is 21.6 Å². The highest BCUT2D eigenvalue weighted by molar-refractivity contribution is 7.89. The van der Waals surface area contributed by atoms with Gasteiger partial charge in [-0.05, 0) is 39.1 Å². The molecule has 1 aromatic carbocycles. The first-order valence-electron chi connectivity index (χ1n) is 5.48. The Balaban J connectivity index is 3.11. The SMILES string of the molecule is CNS(=O)(=O)c1cc(NC(=O)C=C(C)C)ccc1O. The number of phenolic OH excluding ortho intramolecular Hbond substituents is 1. The molecule has 0 heterocycles. The average Bonchev–Trinajstić information content (AvgIpc) is 2.30. The monoisotopic (exact) mass is 284 g/mol. The van der Waals surface area contributed by atoms with E-state index in [1.807, 2.05) is 0 Å². The molecule has 1 amide bonds. The number of amides is 1. The summed E-state index contributed by atoms with van der Waals surface area (Å²) >= 11 is 0. The lowest BCUT2D eigenvalue weighted by Gasteiger charge is -2.08. The Bertz CT molecular complexity index is 617. The van der Waals surface area contributed by atoms with Gasteiger partial charge in [-0.25, -0.2) is 13.1 Å². The maximum absolute atomic E-state index is 11.6. The molecule has 6 nitrogen and oxygen atoms in total. The number of benzene rings is 1. The van der Waals surface area contributed by atoms with Gasteiger partial charge in [0.1, 0.15) is 10.6 Å². The molecular formula is C12H16N2O4S. The maximum Gasteiger partial charge on any atom is 0.248 e. The van der Waals surface area contributed by atoms with Gasteiger partial charge in [0.25, 0.3) is 0 Å². The molecule has 0 aliphatic carbocycles. The van der Waals surface area contributed by atoms with E-state index in [-0.39, 0.29) is 22.2 Å². The van der Waals surface area contributed by atoms with Crippen molar-refractivity contribution in [3.05, 3.63) is 29.8 Å². The fraction of sp³-hybridized carbons (Fsp3) is 0.250. The largest absolute Gasteiger partial charge is 0.507 e. The fourth-order valence-corrected chi connectivity index (χ4v) is 2.20. The first kappa shape index (κ1) is 15.2. The van der Waals surface area contributed by atoms with Crippen LogP contribution in [0.3, 0.4) is 0 Å². The molecule has 0 aliphatic rings. The summed E-state index contributed by atoms with van der Waals surface area (Å²) in [6.45, 7) is 3.54. The molecule has 0 aliphatic heterocycles. The predicted molar refractivity (Wildman–Crippen MR) is 72.4 cm³/mol. The van der Waals surface area contributed by atoms with Crippen molar-refractivity contribution in [2.24, 2.45) is 0 Å². The molecule has 0 spiro atoms. The van der Waals surface area contributed by atoms with Gasteiger partial charge >= 0.3 is 0 Å². The van der Waals surface area contributed by atoms with Gasteiger partial charge in [0.05, 0.1) is 0 Å². The highest BCUT2D eigenvalue weighted by Gasteiger charge is 2.17. The number of hydrogen-bond donors (Lipinski definition) is 3. The van der Waals surface area contributed by atoms with Crippen molar-refractivity contribution in [1.82, 2.24) is 4.72 Å². The van der Waals surface area contributed by atoms with Crippen LogP contribution >= 0.6 is 0 Å². The summed E-state index contributed by atoms with van der Waals surface area (Å²) in [5, 5.41) is 12.1. The third-order valence-corrected chi connectivity index (χ3v) is 3.65. The second kappa shape index (κ2) is 5.85. The predicted octanol–water partition coefficient (Wildman–Crippen LogP) is 1.20. The van der Waals surface area contributed by atoms with E-state index in [0.717, 1.165) is 5.57 Å². The number of carbonyl (C=O) groups excluding carboxylic acids is 1. The topological polar surface area (TPSA) is 95.5 Å². The molecule has 3 N–H and O–H groups in total. The Morgan fingerprint density at radius 2 is 1.95 bits per heavy atom. The normalized spacial score (nSPS) is 10.9. The molecule has 104 valence electrons. The second-order valence-electron chi connectivity index (χ2n) is 4.10. The summed E-state index contributed by atoms with van der Waals surface area (Å²) in [5.41, 5.74) is 1.11. The number of nitrogens with one attached hydrogen (secondary N) is 2. The van der Waals surface area contributed by atoms with Crippen LogP contribution in [0.15, 0.2) is 34.7 Å². The van der Waals surface area contributed by atoms with Gasteiger partial charge in [-0.2, -0.15) is 0 Å². The zero-order valence-corrected chi connectivity index (χ0v) is 11.7. The van der Waals surface area contributed by atoms with Crippen molar-refractivity contribution in [2.45, 2.75) is 18.7 Å². The van der Waals surface area contributed by atoms with Gasteiger partial charge in [0.2, 0.25) is 15.9 Å². The number of sulfonamides is 1. The standard InChI is InChI=1S/C12H16N2O4S/c1-8(2)6-12(16)14-9-4-5-10(15)11(7-9)19(17,18)13-3/h4-7,13,15H,1-3H3,(H,14,16). The zero-order valence-electron chi connectivity index (χ0n) is 10.9. The number of allylic oxidation sites excluding steroid dienone is 1. The van der Waals surface area contributed by atoms with Crippen molar-refractivity contribution in [3.63, 3.8) is 0 Å². The molecular weight excluding hydrogens is 268 g/mol. The van der Waals surface area contributed by atoms with Gasteiger partial charge < -0.3 is 10.4 Å². The smallest absolute Gasteiger partial charge is 0.248 e. The van der Waals surface area contributed by atoms with E-state index in [2.05, 4.69) is 10.0 Å². The molecule has 0 saturated carbocycles. The minimum absolute atomic E-state index is 0.286. The quantitative estimate of drug-likeness (QED) is 0.572. The minimum atomic E-state index is -3.78. The number of hydrogen-bond acceptors (Lipinski definition) is 4. The Labute approximate surface area is 112 Å². The van der Waals surface area contributed by atoms with Crippen LogP contribution in [-0.2, 0) is 14.8 Å². The summed E-state index contributed by atoms with van der Waals surface area (Å²) in [6.07, 6.45) is 1.39. The van der Waals surface area contributed by atoms with Crippen LogP contribution in [0, 0.1) is 0 Å². The van der Waals surface area contributed by atoms with Crippen molar-refractivity contribution in [2.75, 3.05) is 12.4 Å². The fourth-order valence-electron chi connectivity index (χ4n) is 1.36. The second-order valence-corrected chi connectivity index (χ2v) is 5.96. The Hall–Kier alpha value is -1.86. The van der Waals surface area contributed by atoms with Crippen molar-refractivity contribution in [3.8, 4) is 5.75 Å². The highest BCUT2D eigenvalue weighted by atomic mass is 32.2. The van der Waals surface area contributed by atoms with Crippen LogP contribution in [0.1, 0.15) is 13.8 Å². The number of carbonyl (C=O) groups is 1. The van der Waals surface area contributed by atoms with Crippen LogP contribution in [-0.4, -0.2) is 26.5 Å². The molecule has 0 saturated heterocycles. The van der Waals surface area contributed by atoms with Crippen molar-refractivity contribution in [1.29, 1.82) is 0 Å². The zero-order chi connectivity index (χ0) is 14.6. The van der Waals surface area contributed by atoms with E-state index >= 15 is 0 Å². The number of anilines is 1. The Kier molecular flexibility index (Phi) is 4.68. The van der Waals surface area contributed by atoms with Crippen molar-refractivity contribution < 1.29 is 18.3 Å². The van der Waals surface area contributed by atoms with Crippen LogP contribution in [0.4, 0.5) is 5.69 Å². The number of phenols is 1. The van der Waals surface area contributed by atoms with E-state index in [1.54, 1.807) is 13.8 Å². The summed E-state index contributed by atoms with van der Waals surface area (Å²) in [5.74, 6) is -0.743. The van der Waals surface area contributed by atoms with Gasteiger partial charge in [0.15, 0.2) is 0 Å². The average molecular weight is 284 g/mol. The van der Waals surface area contributed by atoms with E-state index < -0.39 is 10.0 Å². The van der Waals surface area contributed by atoms with Gasteiger partial charge in [0, 0.05) is 11.8 Å². The van der Waals surface area contributed by atoms with Gasteiger partial charge in [-0.1, -0.05) is 5.57 Å². The van der Waals surface area contributed by atoms with Crippen LogP contribution in [0.2, 0.25) is 0 Å². The van der Waals surface area contributed by atoms with Gasteiger partial charge in [-0.3, -0.25) is 4.79 Å². The molecule has 1 aromatic rings. The van der Waals surface area contributed by atoms with E-state index in [9.17, 15) is 18.3 Å². The lowest BCUT2D eigenvalue weighted by molar-refractivity contribution is -0.111. The van der Waals surface area contributed by atoms with Gasteiger partial charge in [-0.15, -0.1) is 0 Å². The third kappa shape index (κ3) is 4.08. The molecule has 1 rings (SSSR count). The lowest BCUT2D eigenvalue weighted by atomic mass is 10.2. The Morgan fingerprint density at radius 1 is 1.32 bits per heavy atom. The summed E-state index contributed by atoms with van der Waals surface area (Å²) in [4.78, 5) is 11.2. The summed E-state index contributed by atoms with van der Waals surface area (Å²) in [6, 6.07) is 3.82. The molecule has 19 heavy (non-hydrogen) atoms. The van der Waals surface area contributed by atoms with E-state index in [0.29, 0.717) is 0 Å². The van der Waals surface area contributed by atoms with Crippen LogP contribution in [0.5, 0.6) is 5.75 Å². The lowest BCUT2D eigenvalue weighted by Crippen LogP contribution is -2.19.